The third-order valence-corrected chi connectivity index (χ3v) is 2.50. The van der Waals surface area contributed by atoms with Gasteiger partial charge in [0.2, 0.25) is 0 Å². The van der Waals surface area contributed by atoms with Crippen molar-refractivity contribution < 1.29 is 18.3 Å². The highest BCUT2D eigenvalue weighted by molar-refractivity contribution is 7.80. The summed E-state index contributed by atoms with van der Waals surface area (Å²) in [6.45, 7) is 4.28. The lowest BCUT2D eigenvalue weighted by atomic mass is 10.2. The number of amides is 1. The lowest BCUT2D eigenvalue weighted by Gasteiger charge is -2.27. The molecule has 98 valence electrons. The fourth-order valence-corrected chi connectivity index (χ4v) is 1.79. The van der Waals surface area contributed by atoms with Gasteiger partial charge in [0, 0.05) is 6.42 Å². The summed E-state index contributed by atoms with van der Waals surface area (Å²) in [5.74, 6) is -2.97. The number of thiocarbonyl (C=S) groups is 1. The van der Waals surface area contributed by atoms with Crippen LogP contribution < -0.4 is 5.73 Å². The Morgan fingerprint density at radius 2 is 2.06 bits per heavy atom. The molecule has 0 bridgehead atoms. The lowest BCUT2D eigenvalue weighted by molar-refractivity contribution is -0.00209. The molecule has 1 saturated heterocycles. The van der Waals surface area contributed by atoms with Crippen molar-refractivity contribution in [1.29, 1.82) is 0 Å². The molecular formula is C10H16F2N2O2S. The van der Waals surface area contributed by atoms with Crippen molar-refractivity contribution in [2.75, 3.05) is 6.54 Å². The minimum absolute atomic E-state index is 0.118. The first-order valence-corrected chi connectivity index (χ1v) is 5.59. The zero-order valence-electron chi connectivity index (χ0n) is 10.00. The SMILES string of the molecule is CC(C)(C)OC(=O)N1CC(F)(F)C[C@H]1C(N)=S. The van der Waals surface area contributed by atoms with E-state index >= 15 is 0 Å². The number of hydrogen-bond donors (Lipinski definition) is 1. The Balaban J connectivity index is 2.81. The first kappa shape index (κ1) is 14.1. The summed E-state index contributed by atoms with van der Waals surface area (Å²) in [4.78, 5) is 12.5. The van der Waals surface area contributed by atoms with E-state index in [9.17, 15) is 13.6 Å². The van der Waals surface area contributed by atoms with Crippen LogP contribution >= 0.6 is 12.2 Å². The third kappa shape index (κ3) is 3.76. The van der Waals surface area contributed by atoms with Gasteiger partial charge in [-0.3, -0.25) is 4.90 Å². The summed E-state index contributed by atoms with van der Waals surface area (Å²) < 4.78 is 31.5. The molecule has 1 aliphatic heterocycles. The summed E-state index contributed by atoms with van der Waals surface area (Å²) in [6.07, 6.45) is -1.35. The average Bonchev–Trinajstić information content (AvgIpc) is 2.38. The normalized spacial score (nSPS) is 23.6. The van der Waals surface area contributed by atoms with Crippen molar-refractivity contribution in [2.45, 2.75) is 44.8 Å². The van der Waals surface area contributed by atoms with Crippen molar-refractivity contribution in [3.05, 3.63) is 0 Å². The molecule has 2 N–H and O–H groups in total. The number of nitrogens with two attached hydrogens (primary N) is 1. The number of ether oxygens (including phenoxy) is 1. The molecule has 1 amide bonds. The van der Waals surface area contributed by atoms with Crippen LogP contribution in [0, 0.1) is 0 Å². The van der Waals surface area contributed by atoms with Crippen LogP contribution in [-0.4, -0.2) is 40.1 Å². The van der Waals surface area contributed by atoms with Crippen molar-refractivity contribution in [3.8, 4) is 0 Å². The molecular weight excluding hydrogens is 250 g/mol. The predicted molar refractivity (Wildman–Crippen MR) is 63.1 cm³/mol. The fraction of sp³-hybridized carbons (Fsp3) is 0.800. The van der Waals surface area contributed by atoms with E-state index in [0.29, 0.717) is 0 Å². The van der Waals surface area contributed by atoms with Gasteiger partial charge in [-0.1, -0.05) is 12.2 Å². The Hall–Kier alpha value is -0.980. The zero-order valence-corrected chi connectivity index (χ0v) is 10.8. The van der Waals surface area contributed by atoms with Crippen LogP contribution in [-0.2, 0) is 4.74 Å². The van der Waals surface area contributed by atoms with Crippen LogP contribution in [0.25, 0.3) is 0 Å². The highest BCUT2D eigenvalue weighted by atomic mass is 32.1. The maximum atomic E-state index is 13.2. The first-order valence-electron chi connectivity index (χ1n) is 5.19. The molecule has 1 rings (SSSR count). The van der Waals surface area contributed by atoms with Crippen LogP contribution in [0.15, 0.2) is 0 Å². The van der Waals surface area contributed by atoms with Crippen LogP contribution in [0.2, 0.25) is 0 Å². The van der Waals surface area contributed by atoms with Crippen molar-refractivity contribution >= 4 is 23.3 Å². The molecule has 0 aromatic carbocycles. The standard InChI is InChI=1S/C10H16F2N2O2S/c1-9(2,3)16-8(15)14-5-10(11,12)4-6(14)7(13)17/h6H,4-5H2,1-3H3,(H2,13,17)/t6-/m0/s1. The molecule has 0 aromatic rings. The molecule has 0 spiro atoms. The number of alkyl halides is 2. The lowest BCUT2D eigenvalue weighted by Crippen LogP contribution is -2.45. The molecule has 17 heavy (non-hydrogen) atoms. The topological polar surface area (TPSA) is 55.6 Å². The van der Waals surface area contributed by atoms with Crippen molar-refractivity contribution in [2.24, 2.45) is 5.73 Å². The molecule has 4 nitrogen and oxygen atoms in total. The summed E-state index contributed by atoms with van der Waals surface area (Å²) >= 11 is 4.69. The monoisotopic (exact) mass is 266 g/mol. The van der Waals surface area contributed by atoms with Gasteiger partial charge >= 0.3 is 6.09 Å². The Morgan fingerprint density at radius 3 is 2.47 bits per heavy atom. The summed E-state index contributed by atoms with van der Waals surface area (Å²) in [5.41, 5.74) is 4.62. The quantitative estimate of drug-likeness (QED) is 0.737. The van der Waals surface area contributed by atoms with Crippen molar-refractivity contribution in [3.63, 3.8) is 0 Å². The van der Waals surface area contributed by atoms with E-state index < -0.39 is 36.6 Å². The van der Waals surface area contributed by atoms with E-state index in [1.54, 1.807) is 20.8 Å². The molecule has 0 radical (unpaired) electrons. The molecule has 7 heteroatoms. The minimum Gasteiger partial charge on any atom is -0.444 e. The van der Waals surface area contributed by atoms with Gasteiger partial charge in [0.05, 0.1) is 17.6 Å². The van der Waals surface area contributed by atoms with E-state index in [1.165, 1.54) is 0 Å². The van der Waals surface area contributed by atoms with Gasteiger partial charge in [-0.2, -0.15) is 0 Å². The van der Waals surface area contributed by atoms with E-state index in [1.807, 2.05) is 0 Å². The summed E-state index contributed by atoms with van der Waals surface area (Å²) in [7, 11) is 0. The summed E-state index contributed by atoms with van der Waals surface area (Å²) in [5, 5.41) is 0. The van der Waals surface area contributed by atoms with Gasteiger partial charge in [-0.05, 0) is 20.8 Å². The maximum absolute atomic E-state index is 13.2. The molecule has 1 heterocycles. The maximum Gasteiger partial charge on any atom is 0.411 e. The predicted octanol–water partition coefficient (Wildman–Crippen LogP) is 1.92. The second kappa shape index (κ2) is 4.36. The second-order valence-corrected chi connectivity index (χ2v) is 5.56. The third-order valence-electron chi connectivity index (χ3n) is 2.23. The molecule has 1 aliphatic rings. The molecule has 0 unspecified atom stereocenters. The average molecular weight is 266 g/mol. The van der Waals surface area contributed by atoms with Crippen LogP contribution in [0.3, 0.4) is 0 Å². The molecule has 1 atom stereocenters. The second-order valence-electron chi connectivity index (χ2n) is 5.09. The number of carbonyl (C=O) groups is 1. The fourth-order valence-electron chi connectivity index (χ4n) is 1.58. The smallest absolute Gasteiger partial charge is 0.411 e. The number of hydrogen-bond acceptors (Lipinski definition) is 3. The Labute approximate surface area is 104 Å². The molecule has 0 aromatic heterocycles. The van der Waals surface area contributed by atoms with Crippen LogP contribution in [0.5, 0.6) is 0 Å². The van der Waals surface area contributed by atoms with E-state index in [2.05, 4.69) is 0 Å². The highest BCUT2D eigenvalue weighted by Crippen LogP contribution is 2.33. The van der Waals surface area contributed by atoms with Gasteiger partial charge in [-0.25, -0.2) is 13.6 Å². The number of nitrogens with zero attached hydrogens (tertiary/aromatic N) is 1. The molecule has 0 saturated carbocycles. The van der Waals surface area contributed by atoms with E-state index in [4.69, 9.17) is 22.7 Å². The molecule has 1 fully saturated rings. The Bertz CT molecular complexity index is 342. The number of likely N-dealkylation sites (tertiary alicyclic amines) is 1. The largest absolute Gasteiger partial charge is 0.444 e. The van der Waals surface area contributed by atoms with Gasteiger partial charge in [0.25, 0.3) is 5.92 Å². The molecule has 0 aliphatic carbocycles. The number of carbonyl (C=O) groups excluding carboxylic acids is 1. The van der Waals surface area contributed by atoms with E-state index in [-0.39, 0.29) is 4.99 Å². The van der Waals surface area contributed by atoms with E-state index in [0.717, 1.165) is 4.90 Å². The minimum atomic E-state index is -2.97. The van der Waals surface area contributed by atoms with Crippen molar-refractivity contribution in [1.82, 2.24) is 4.90 Å². The van der Waals surface area contributed by atoms with Gasteiger partial charge in [-0.15, -0.1) is 0 Å². The van der Waals surface area contributed by atoms with Gasteiger partial charge < -0.3 is 10.5 Å². The first-order chi connectivity index (χ1) is 7.52. The zero-order chi connectivity index (χ0) is 13.4. The Morgan fingerprint density at radius 1 is 1.53 bits per heavy atom. The number of rotatable bonds is 1. The van der Waals surface area contributed by atoms with Gasteiger partial charge in [0.15, 0.2) is 0 Å². The number of halogens is 2. The highest BCUT2D eigenvalue weighted by Gasteiger charge is 2.49. The van der Waals surface area contributed by atoms with Crippen LogP contribution in [0.1, 0.15) is 27.2 Å². The van der Waals surface area contributed by atoms with Crippen LogP contribution in [0.4, 0.5) is 13.6 Å². The van der Waals surface area contributed by atoms with Gasteiger partial charge in [0.1, 0.15) is 5.60 Å². The Kier molecular flexibility index (Phi) is 3.61. The summed E-state index contributed by atoms with van der Waals surface area (Å²) in [6, 6.07) is -0.935.